The molecule has 52 valence electrons. The third-order valence-electron chi connectivity index (χ3n) is 1.66. The minimum atomic E-state index is 1.17. The fraction of sp³-hybridized carbons (Fsp3) is 0.714. The molecular weight excluding hydrogens is 112 g/mol. The topological polar surface area (TPSA) is 6.48 Å². The third kappa shape index (κ3) is 1.37. The molecule has 0 saturated carbocycles. The molecule has 0 aromatic heterocycles. The Balaban J connectivity index is 2.52. The summed E-state index contributed by atoms with van der Waals surface area (Å²) in [6.07, 6.45) is 3.39. The summed E-state index contributed by atoms with van der Waals surface area (Å²) < 4.78 is 0. The Morgan fingerprint density at radius 1 is 1.56 bits per heavy atom. The molecule has 0 unspecified atom stereocenters. The van der Waals surface area contributed by atoms with Crippen molar-refractivity contribution in [1.82, 2.24) is 9.80 Å². The largest absolute Gasteiger partial charge is 0.380 e. The molecule has 0 radical (unpaired) electrons. The van der Waals surface area contributed by atoms with Gasteiger partial charge in [0.25, 0.3) is 0 Å². The number of hydrogen-bond donors (Lipinski definition) is 0. The Morgan fingerprint density at radius 3 is 2.44 bits per heavy atom. The average Bonchev–Trinajstić information content (AvgIpc) is 2.14. The lowest BCUT2D eigenvalue weighted by atomic mass is 10.3. The first-order valence-corrected chi connectivity index (χ1v) is 3.28. The molecule has 2 nitrogen and oxygen atoms in total. The first-order chi connectivity index (χ1) is 4.20. The van der Waals surface area contributed by atoms with Gasteiger partial charge in [-0.1, -0.05) is 0 Å². The zero-order valence-corrected chi connectivity index (χ0v) is 6.39. The van der Waals surface area contributed by atoms with Crippen LogP contribution in [0.15, 0.2) is 11.9 Å². The molecule has 2 heteroatoms. The maximum Gasteiger partial charge on any atom is 0.0307 e. The predicted molar refractivity (Wildman–Crippen MR) is 39.0 cm³/mol. The summed E-state index contributed by atoms with van der Waals surface area (Å²) in [6.45, 7) is 1.17. The Hall–Kier alpha value is -0.660. The minimum Gasteiger partial charge on any atom is -0.380 e. The van der Waals surface area contributed by atoms with Gasteiger partial charge in [0.2, 0.25) is 0 Å². The van der Waals surface area contributed by atoms with Crippen LogP contribution in [0, 0.1) is 0 Å². The second-order valence-electron chi connectivity index (χ2n) is 2.75. The van der Waals surface area contributed by atoms with Crippen molar-refractivity contribution in [3.05, 3.63) is 11.9 Å². The van der Waals surface area contributed by atoms with Crippen LogP contribution in [0.2, 0.25) is 0 Å². The zero-order valence-electron chi connectivity index (χ0n) is 6.39. The predicted octanol–water partition coefficient (Wildman–Crippen LogP) is 0.725. The Kier molecular flexibility index (Phi) is 1.65. The summed E-state index contributed by atoms with van der Waals surface area (Å²) in [5.74, 6) is 0. The molecule has 0 N–H and O–H groups in total. The van der Waals surface area contributed by atoms with E-state index in [1.54, 1.807) is 0 Å². The molecule has 0 aromatic rings. The lowest BCUT2D eigenvalue weighted by Gasteiger charge is -2.11. The van der Waals surface area contributed by atoms with Crippen molar-refractivity contribution in [2.24, 2.45) is 0 Å². The van der Waals surface area contributed by atoms with E-state index >= 15 is 0 Å². The summed E-state index contributed by atoms with van der Waals surface area (Å²) in [4.78, 5) is 4.39. The van der Waals surface area contributed by atoms with Crippen LogP contribution in [0.4, 0.5) is 0 Å². The van der Waals surface area contributed by atoms with E-state index in [0.29, 0.717) is 0 Å². The van der Waals surface area contributed by atoms with Crippen molar-refractivity contribution in [3.8, 4) is 0 Å². The first-order valence-electron chi connectivity index (χ1n) is 3.28. The van der Waals surface area contributed by atoms with Crippen molar-refractivity contribution >= 4 is 0 Å². The Morgan fingerprint density at radius 2 is 2.22 bits per heavy atom. The van der Waals surface area contributed by atoms with Gasteiger partial charge >= 0.3 is 0 Å². The molecular formula is C7H14N2. The highest BCUT2D eigenvalue weighted by Gasteiger charge is 2.08. The molecule has 1 rings (SSSR count). The van der Waals surface area contributed by atoms with E-state index in [9.17, 15) is 0 Å². The second kappa shape index (κ2) is 2.29. The summed E-state index contributed by atoms with van der Waals surface area (Å²) in [6, 6.07) is 0. The fourth-order valence-corrected chi connectivity index (χ4v) is 1.01. The van der Waals surface area contributed by atoms with Gasteiger partial charge in [0.15, 0.2) is 0 Å². The zero-order chi connectivity index (χ0) is 6.85. The van der Waals surface area contributed by atoms with Crippen LogP contribution in [0.25, 0.3) is 0 Å². The third-order valence-corrected chi connectivity index (χ3v) is 1.66. The Bertz CT molecular complexity index is 127. The molecule has 0 amide bonds. The molecule has 1 aliphatic heterocycles. The quantitative estimate of drug-likeness (QED) is 0.511. The van der Waals surface area contributed by atoms with Crippen molar-refractivity contribution in [1.29, 1.82) is 0 Å². The van der Waals surface area contributed by atoms with E-state index in [4.69, 9.17) is 0 Å². The normalized spacial score (nSPS) is 18.1. The smallest absolute Gasteiger partial charge is 0.0307 e. The molecule has 0 bridgehead atoms. The standard InChI is InChI=1S/C7H14N2/c1-8(2)7-4-5-9(3)6-7/h6H,4-5H2,1-3H3. The van der Waals surface area contributed by atoms with Gasteiger partial charge in [0, 0.05) is 46.0 Å². The van der Waals surface area contributed by atoms with Gasteiger partial charge in [0.05, 0.1) is 0 Å². The molecule has 0 aromatic carbocycles. The summed E-state index contributed by atoms with van der Waals surface area (Å²) >= 11 is 0. The van der Waals surface area contributed by atoms with Crippen molar-refractivity contribution in [3.63, 3.8) is 0 Å². The number of nitrogens with zero attached hydrogens (tertiary/aromatic N) is 2. The SMILES string of the molecule is CN1C=C(N(C)C)CC1. The summed E-state index contributed by atoms with van der Waals surface area (Å²) in [5.41, 5.74) is 1.43. The van der Waals surface area contributed by atoms with Gasteiger partial charge < -0.3 is 9.80 Å². The number of hydrogen-bond acceptors (Lipinski definition) is 2. The Labute approximate surface area is 56.8 Å². The molecule has 1 aliphatic rings. The van der Waals surface area contributed by atoms with E-state index in [2.05, 4.69) is 37.1 Å². The number of rotatable bonds is 1. The summed E-state index contributed by atoms with van der Waals surface area (Å²) in [5, 5.41) is 0. The van der Waals surface area contributed by atoms with Crippen LogP contribution in [-0.4, -0.2) is 37.5 Å². The molecule has 0 fully saturated rings. The lowest BCUT2D eigenvalue weighted by molar-refractivity contribution is 0.486. The molecule has 9 heavy (non-hydrogen) atoms. The minimum absolute atomic E-state index is 1.17. The van der Waals surface area contributed by atoms with Gasteiger partial charge in [-0.25, -0.2) is 0 Å². The van der Waals surface area contributed by atoms with E-state index in [1.807, 2.05) is 0 Å². The van der Waals surface area contributed by atoms with Crippen LogP contribution < -0.4 is 0 Å². The monoisotopic (exact) mass is 126 g/mol. The first kappa shape index (κ1) is 6.46. The van der Waals surface area contributed by atoms with Gasteiger partial charge in [-0.15, -0.1) is 0 Å². The summed E-state index contributed by atoms with van der Waals surface area (Å²) in [7, 11) is 6.28. The molecule has 1 heterocycles. The van der Waals surface area contributed by atoms with Crippen LogP contribution in [0.1, 0.15) is 6.42 Å². The van der Waals surface area contributed by atoms with Gasteiger partial charge in [-0.3, -0.25) is 0 Å². The molecule has 0 aliphatic carbocycles. The van der Waals surface area contributed by atoms with Crippen LogP contribution in [0.5, 0.6) is 0 Å². The highest BCUT2D eigenvalue weighted by Crippen LogP contribution is 2.12. The maximum atomic E-state index is 2.22. The van der Waals surface area contributed by atoms with Crippen LogP contribution in [0.3, 0.4) is 0 Å². The van der Waals surface area contributed by atoms with Gasteiger partial charge in [-0.2, -0.15) is 0 Å². The van der Waals surface area contributed by atoms with Crippen molar-refractivity contribution in [2.75, 3.05) is 27.7 Å². The molecule has 0 spiro atoms. The van der Waals surface area contributed by atoms with E-state index < -0.39 is 0 Å². The van der Waals surface area contributed by atoms with Crippen molar-refractivity contribution in [2.45, 2.75) is 6.42 Å². The van der Waals surface area contributed by atoms with E-state index in [1.165, 1.54) is 18.7 Å². The van der Waals surface area contributed by atoms with E-state index in [-0.39, 0.29) is 0 Å². The van der Waals surface area contributed by atoms with E-state index in [0.717, 1.165) is 0 Å². The highest BCUT2D eigenvalue weighted by atomic mass is 15.2. The van der Waals surface area contributed by atoms with Crippen LogP contribution in [-0.2, 0) is 0 Å². The lowest BCUT2D eigenvalue weighted by Crippen LogP contribution is -2.08. The van der Waals surface area contributed by atoms with Crippen molar-refractivity contribution < 1.29 is 0 Å². The highest BCUT2D eigenvalue weighted by molar-refractivity contribution is 5.04. The second-order valence-corrected chi connectivity index (χ2v) is 2.75. The van der Waals surface area contributed by atoms with Gasteiger partial charge in [0.1, 0.15) is 0 Å². The average molecular weight is 126 g/mol. The van der Waals surface area contributed by atoms with Gasteiger partial charge in [-0.05, 0) is 0 Å². The fourth-order valence-electron chi connectivity index (χ4n) is 1.01. The molecule has 0 saturated heterocycles. The molecule has 0 atom stereocenters. The van der Waals surface area contributed by atoms with Crippen LogP contribution >= 0.6 is 0 Å². The maximum absolute atomic E-state index is 2.22.